The van der Waals surface area contributed by atoms with Gasteiger partial charge in [-0.2, -0.15) is 5.26 Å². The van der Waals surface area contributed by atoms with E-state index in [9.17, 15) is 14.7 Å². The molecular weight excluding hydrogens is 394 g/mol. The first-order valence-electron chi connectivity index (χ1n) is 10.2. The molecule has 0 aliphatic heterocycles. The van der Waals surface area contributed by atoms with E-state index in [2.05, 4.69) is 4.98 Å². The highest BCUT2D eigenvalue weighted by Crippen LogP contribution is 2.33. The summed E-state index contributed by atoms with van der Waals surface area (Å²) in [4.78, 5) is 28.9. The molecule has 0 bridgehead atoms. The number of ether oxygens (including phenoxy) is 1. The third-order valence-electron chi connectivity index (χ3n) is 5.24. The fraction of sp³-hybridized carbons (Fsp3) is 0.333. The van der Waals surface area contributed by atoms with Crippen LogP contribution in [-0.2, 0) is 19.4 Å². The van der Waals surface area contributed by atoms with E-state index in [1.54, 1.807) is 18.3 Å². The first-order chi connectivity index (χ1) is 14.9. The number of benzene rings is 1. The summed E-state index contributed by atoms with van der Waals surface area (Å²) in [6, 6.07) is 7.13. The van der Waals surface area contributed by atoms with E-state index >= 15 is 0 Å². The van der Waals surface area contributed by atoms with Gasteiger partial charge in [-0.25, -0.2) is 4.98 Å². The molecule has 160 valence electrons. The van der Waals surface area contributed by atoms with Crippen LogP contribution >= 0.6 is 0 Å². The Morgan fingerprint density at radius 3 is 2.74 bits per heavy atom. The zero-order valence-electron chi connectivity index (χ0n) is 17.9. The van der Waals surface area contributed by atoms with Crippen LogP contribution in [0.5, 0.6) is 11.5 Å². The number of Topliss-reactive ketones (excluding diaryl/α,β-unsaturated/α-hetero) is 1. The van der Waals surface area contributed by atoms with Crippen molar-refractivity contribution in [3.8, 4) is 17.6 Å². The van der Waals surface area contributed by atoms with Crippen molar-refractivity contribution in [3.05, 3.63) is 68.8 Å². The lowest BCUT2D eigenvalue weighted by molar-refractivity contribution is 0.101. The fourth-order valence-electron chi connectivity index (χ4n) is 3.49. The predicted octanol–water partition coefficient (Wildman–Crippen LogP) is 3.90. The number of nitriles is 1. The molecule has 0 aliphatic carbocycles. The van der Waals surface area contributed by atoms with Gasteiger partial charge < -0.3 is 9.84 Å². The lowest BCUT2D eigenvalue weighted by Gasteiger charge is -2.16. The number of carbonyl (C=O) groups excluding carboxylic acids is 1. The molecular formula is C24H25N3O4. The Kier molecular flexibility index (Phi) is 6.71. The molecule has 7 nitrogen and oxygen atoms in total. The number of nitrogens with zero attached hydrogens (tertiary/aromatic N) is 3. The van der Waals surface area contributed by atoms with Gasteiger partial charge in [-0.1, -0.05) is 13.3 Å². The SMILES string of the molecule is CCCc1c(OCc2cn3c(=O)c(CCC#N)cnc3cc2C)ccc(C(C)=O)c1O. The van der Waals surface area contributed by atoms with Crippen molar-refractivity contribution in [2.24, 2.45) is 0 Å². The molecule has 1 N–H and O–H groups in total. The molecule has 0 aliphatic rings. The third kappa shape index (κ3) is 4.58. The molecule has 3 aromatic rings. The minimum atomic E-state index is -0.203. The lowest BCUT2D eigenvalue weighted by Crippen LogP contribution is -2.20. The van der Waals surface area contributed by atoms with E-state index in [0.717, 1.165) is 17.5 Å². The standard InChI is InChI=1S/C24H25N3O4/c1-4-6-20-21(9-8-19(16(3)28)23(20)29)31-14-18-13-27-22(11-15(18)2)26-12-17(24(27)30)7-5-10-25/h8-9,11-13,29H,4-7,14H2,1-3H3. The molecule has 0 fully saturated rings. The number of pyridine rings is 1. The monoisotopic (exact) mass is 419 g/mol. The van der Waals surface area contributed by atoms with E-state index in [1.165, 1.54) is 17.5 Å². The van der Waals surface area contributed by atoms with Crippen LogP contribution in [0, 0.1) is 18.3 Å². The van der Waals surface area contributed by atoms with Gasteiger partial charge in [0.2, 0.25) is 0 Å². The van der Waals surface area contributed by atoms with Gasteiger partial charge in [-0.15, -0.1) is 0 Å². The van der Waals surface area contributed by atoms with E-state index in [4.69, 9.17) is 10.00 Å². The van der Waals surface area contributed by atoms with Gasteiger partial charge in [0.15, 0.2) is 5.78 Å². The smallest absolute Gasteiger partial charge is 0.261 e. The highest BCUT2D eigenvalue weighted by atomic mass is 16.5. The molecule has 2 aromatic heterocycles. The second-order valence-corrected chi connectivity index (χ2v) is 7.49. The van der Waals surface area contributed by atoms with Crippen LogP contribution in [-0.4, -0.2) is 20.3 Å². The summed E-state index contributed by atoms with van der Waals surface area (Å²) in [6.07, 6.45) is 5.20. The van der Waals surface area contributed by atoms with E-state index in [1.807, 2.05) is 26.0 Å². The number of phenols is 1. The maximum absolute atomic E-state index is 12.8. The van der Waals surface area contributed by atoms with Crippen molar-refractivity contribution in [3.63, 3.8) is 0 Å². The molecule has 31 heavy (non-hydrogen) atoms. The number of rotatable bonds is 8. The molecule has 7 heteroatoms. The second kappa shape index (κ2) is 9.43. The Morgan fingerprint density at radius 1 is 1.29 bits per heavy atom. The first-order valence-corrected chi connectivity index (χ1v) is 10.2. The fourth-order valence-corrected chi connectivity index (χ4v) is 3.49. The summed E-state index contributed by atoms with van der Waals surface area (Å²) in [5.74, 6) is 0.271. The summed E-state index contributed by atoms with van der Waals surface area (Å²) in [5.41, 5.74) is 3.42. The van der Waals surface area contributed by atoms with Gasteiger partial charge in [0, 0.05) is 35.5 Å². The topological polar surface area (TPSA) is 105 Å². The Bertz CT molecular complexity index is 1240. The van der Waals surface area contributed by atoms with Gasteiger partial charge in [-0.3, -0.25) is 14.0 Å². The summed E-state index contributed by atoms with van der Waals surface area (Å²) < 4.78 is 7.48. The summed E-state index contributed by atoms with van der Waals surface area (Å²) in [7, 11) is 0. The Hall–Kier alpha value is -3.66. The van der Waals surface area contributed by atoms with Crippen LogP contribution in [0.1, 0.15) is 59.3 Å². The molecule has 0 amide bonds. The van der Waals surface area contributed by atoms with E-state index in [-0.39, 0.29) is 35.7 Å². The van der Waals surface area contributed by atoms with Crippen LogP contribution < -0.4 is 10.3 Å². The Balaban J connectivity index is 1.95. The molecule has 1 aromatic carbocycles. The molecule has 0 saturated carbocycles. The van der Waals surface area contributed by atoms with Gasteiger partial charge in [-0.05, 0) is 50.5 Å². The molecule has 0 radical (unpaired) electrons. The van der Waals surface area contributed by atoms with E-state index in [0.29, 0.717) is 35.4 Å². The third-order valence-corrected chi connectivity index (χ3v) is 5.24. The van der Waals surface area contributed by atoms with Gasteiger partial charge >= 0.3 is 0 Å². The van der Waals surface area contributed by atoms with Crippen molar-refractivity contribution in [1.29, 1.82) is 5.26 Å². The average molecular weight is 419 g/mol. The molecule has 0 saturated heterocycles. The van der Waals surface area contributed by atoms with Crippen molar-refractivity contribution in [2.75, 3.05) is 0 Å². The number of aryl methyl sites for hydroxylation is 2. The van der Waals surface area contributed by atoms with Crippen LogP contribution in [0.3, 0.4) is 0 Å². The summed E-state index contributed by atoms with van der Waals surface area (Å²) >= 11 is 0. The zero-order chi connectivity index (χ0) is 22.5. The van der Waals surface area contributed by atoms with Crippen molar-refractivity contribution in [2.45, 2.75) is 53.1 Å². The highest BCUT2D eigenvalue weighted by molar-refractivity contribution is 5.97. The Labute approximate surface area is 180 Å². The zero-order valence-corrected chi connectivity index (χ0v) is 17.9. The molecule has 0 spiro atoms. The van der Waals surface area contributed by atoms with Crippen molar-refractivity contribution >= 4 is 11.4 Å². The van der Waals surface area contributed by atoms with Crippen molar-refractivity contribution in [1.82, 2.24) is 9.38 Å². The normalized spacial score (nSPS) is 10.8. The summed E-state index contributed by atoms with van der Waals surface area (Å²) in [6.45, 7) is 5.50. The van der Waals surface area contributed by atoms with Gasteiger partial charge in [0.25, 0.3) is 5.56 Å². The van der Waals surface area contributed by atoms with Gasteiger partial charge in [0.1, 0.15) is 23.8 Å². The molecule has 0 atom stereocenters. The minimum Gasteiger partial charge on any atom is -0.507 e. The number of aromatic hydroxyl groups is 1. The first kappa shape index (κ1) is 22.0. The highest BCUT2D eigenvalue weighted by Gasteiger charge is 2.16. The molecule has 2 heterocycles. The van der Waals surface area contributed by atoms with E-state index < -0.39 is 0 Å². The quantitative estimate of drug-likeness (QED) is 0.555. The summed E-state index contributed by atoms with van der Waals surface area (Å²) in [5, 5.41) is 19.3. The van der Waals surface area contributed by atoms with Crippen LogP contribution in [0.15, 0.2) is 35.4 Å². The Morgan fingerprint density at radius 2 is 2.06 bits per heavy atom. The number of phenolic OH excluding ortho intramolecular Hbond substituents is 1. The van der Waals surface area contributed by atoms with Crippen LogP contribution in [0.4, 0.5) is 0 Å². The lowest BCUT2D eigenvalue weighted by atomic mass is 10.0. The van der Waals surface area contributed by atoms with Crippen LogP contribution in [0.25, 0.3) is 5.65 Å². The average Bonchev–Trinajstić information content (AvgIpc) is 2.74. The number of carbonyl (C=O) groups is 1. The largest absolute Gasteiger partial charge is 0.507 e. The number of aromatic nitrogens is 2. The van der Waals surface area contributed by atoms with Crippen LogP contribution in [0.2, 0.25) is 0 Å². The molecule has 3 rings (SSSR count). The van der Waals surface area contributed by atoms with Gasteiger partial charge in [0.05, 0.1) is 11.6 Å². The second-order valence-electron chi connectivity index (χ2n) is 7.49. The maximum atomic E-state index is 12.8. The minimum absolute atomic E-state index is 0.0374. The molecule has 0 unspecified atom stereocenters. The number of ketones is 1. The number of fused-ring (bicyclic) bond motifs is 1. The number of hydrogen-bond donors (Lipinski definition) is 1. The number of hydrogen-bond acceptors (Lipinski definition) is 6. The predicted molar refractivity (Wildman–Crippen MR) is 117 cm³/mol. The van der Waals surface area contributed by atoms with Crippen molar-refractivity contribution < 1.29 is 14.6 Å². The maximum Gasteiger partial charge on any atom is 0.261 e.